The molecule has 0 saturated carbocycles. The molecule has 2 aromatic rings. The fourth-order valence-corrected chi connectivity index (χ4v) is 2.53. The fourth-order valence-electron chi connectivity index (χ4n) is 1.79. The normalized spacial score (nSPS) is 10.6. The van der Waals surface area contributed by atoms with Crippen LogP contribution in [0, 0.1) is 6.92 Å². The van der Waals surface area contributed by atoms with Crippen LogP contribution in [-0.4, -0.2) is 15.7 Å². The van der Waals surface area contributed by atoms with E-state index in [1.165, 1.54) is 4.68 Å². The summed E-state index contributed by atoms with van der Waals surface area (Å²) < 4.78 is 7.51. The number of benzene rings is 1. The third-order valence-corrected chi connectivity index (χ3v) is 3.70. The lowest BCUT2D eigenvalue weighted by molar-refractivity contribution is 0.0472. The number of nitrogens with two attached hydrogens (primary N) is 1. The summed E-state index contributed by atoms with van der Waals surface area (Å²) in [5.41, 5.74) is 7.99. The number of hydrogen-bond donors (Lipinski definition) is 1. The topological polar surface area (TPSA) is 70.1 Å². The van der Waals surface area contributed by atoms with Crippen LogP contribution in [0.4, 0.5) is 5.69 Å². The molecule has 0 fully saturated rings. The molecule has 0 atom stereocenters. The van der Waals surface area contributed by atoms with Crippen molar-refractivity contribution >= 4 is 39.2 Å². The number of rotatable bonds is 3. The van der Waals surface area contributed by atoms with Crippen molar-refractivity contribution in [3.63, 3.8) is 0 Å². The van der Waals surface area contributed by atoms with Crippen molar-refractivity contribution in [2.75, 3.05) is 5.73 Å². The summed E-state index contributed by atoms with van der Waals surface area (Å²) >= 11 is 9.36. The number of carbonyl (C=O) groups excluding carboxylic acids is 1. The quantitative estimate of drug-likeness (QED) is 0.676. The number of ether oxygens (including phenoxy) is 1. The molecule has 0 unspecified atom stereocenters. The SMILES string of the molecule is Cc1nn(C)c(Cl)c1COC(=O)c1cc(N)cc(Br)c1. The summed E-state index contributed by atoms with van der Waals surface area (Å²) in [6.45, 7) is 1.88. The molecular weight excluding hydrogens is 346 g/mol. The predicted octanol–water partition coefficient (Wildman–Crippen LogP) is 3.08. The summed E-state index contributed by atoms with van der Waals surface area (Å²) in [7, 11) is 1.73. The van der Waals surface area contributed by atoms with Gasteiger partial charge in [0.25, 0.3) is 0 Å². The van der Waals surface area contributed by atoms with Crippen molar-refractivity contribution < 1.29 is 9.53 Å². The first kappa shape index (κ1) is 14.9. The predicted molar refractivity (Wildman–Crippen MR) is 80.6 cm³/mol. The molecule has 7 heteroatoms. The van der Waals surface area contributed by atoms with E-state index in [1.807, 2.05) is 6.92 Å². The molecule has 0 aliphatic carbocycles. The smallest absolute Gasteiger partial charge is 0.338 e. The van der Waals surface area contributed by atoms with E-state index in [0.717, 1.165) is 10.2 Å². The van der Waals surface area contributed by atoms with Gasteiger partial charge in [0.1, 0.15) is 11.8 Å². The Morgan fingerprint density at radius 3 is 2.75 bits per heavy atom. The number of esters is 1. The summed E-state index contributed by atoms with van der Waals surface area (Å²) in [4.78, 5) is 12.0. The molecule has 0 bridgehead atoms. The Labute approximate surface area is 129 Å². The van der Waals surface area contributed by atoms with E-state index in [9.17, 15) is 4.79 Å². The highest BCUT2D eigenvalue weighted by atomic mass is 79.9. The van der Waals surface area contributed by atoms with Gasteiger partial charge >= 0.3 is 5.97 Å². The molecule has 2 rings (SSSR count). The van der Waals surface area contributed by atoms with Crippen LogP contribution < -0.4 is 5.73 Å². The minimum absolute atomic E-state index is 0.0732. The Balaban J connectivity index is 2.12. The molecule has 1 heterocycles. The third kappa shape index (κ3) is 3.13. The molecule has 5 nitrogen and oxygen atoms in total. The molecule has 1 aromatic carbocycles. The standard InChI is InChI=1S/C13H13BrClN3O2/c1-7-11(12(15)18(2)17-7)6-20-13(19)8-3-9(14)5-10(16)4-8/h3-5H,6,16H2,1-2H3. The molecule has 0 radical (unpaired) electrons. The van der Waals surface area contributed by atoms with Gasteiger partial charge in [-0.2, -0.15) is 5.10 Å². The molecule has 106 valence electrons. The highest BCUT2D eigenvalue weighted by Crippen LogP contribution is 2.21. The van der Waals surface area contributed by atoms with Crippen LogP contribution in [0.25, 0.3) is 0 Å². The van der Waals surface area contributed by atoms with E-state index in [2.05, 4.69) is 21.0 Å². The van der Waals surface area contributed by atoms with Gasteiger partial charge < -0.3 is 10.5 Å². The molecular formula is C13H13BrClN3O2. The van der Waals surface area contributed by atoms with E-state index in [0.29, 0.717) is 22.0 Å². The highest BCUT2D eigenvalue weighted by molar-refractivity contribution is 9.10. The molecule has 0 aliphatic heterocycles. The first-order valence-corrected chi connectivity index (χ1v) is 6.96. The maximum atomic E-state index is 12.0. The summed E-state index contributed by atoms with van der Waals surface area (Å²) in [5.74, 6) is -0.461. The minimum atomic E-state index is -0.461. The zero-order chi connectivity index (χ0) is 14.9. The van der Waals surface area contributed by atoms with Crippen LogP contribution in [0.3, 0.4) is 0 Å². The van der Waals surface area contributed by atoms with E-state index >= 15 is 0 Å². The summed E-state index contributed by atoms with van der Waals surface area (Å²) in [5, 5.41) is 4.62. The largest absolute Gasteiger partial charge is 0.457 e. The lowest BCUT2D eigenvalue weighted by atomic mass is 10.2. The number of anilines is 1. The molecule has 0 aliphatic rings. The van der Waals surface area contributed by atoms with Gasteiger partial charge in [0.2, 0.25) is 0 Å². The van der Waals surface area contributed by atoms with Crippen LogP contribution in [0.2, 0.25) is 5.15 Å². The molecule has 0 amide bonds. The maximum absolute atomic E-state index is 12.0. The van der Waals surface area contributed by atoms with Crippen molar-refractivity contribution in [1.29, 1.82) is 0 Å². The Kier molecular flexibility index (Phi) is 4.35. The number of carbonyl (C=O) groups is 1. The van der Waals surface area contributed by atoms with E-state index in [1.54, 1.807) is 25.2 Å². The second-order valence-corrected chi connectivity index (χ2v) is 5.60. The van der Waals surface area contributed by atoms with Gasteiger partial charge in [-0.25, -0.2) is 4.79 Å². The van der Waals surface area contributed by atoms with Gasteiger partial charge in [-0.15, -0.1) is 0 Å². The van der Waals surface area contributed by atoms with Crippen LogP contribution in [-0.2, 0) is 18.4 Å². The zero-order valence-electron chi connectivity index (χ0n) is 11.0. The van der Waals surface area contributed by atoms with Crippen LogP contribution in [0.5, 0.6) is 0 Å². The zero-order valence-corrected chi connectivity index (χ0v) is 13.3. The Morgan fingerprint density at radius 1 is 1.50 bits per heavy atom. The Hall–Kier alpha value is -1.53. The third-order valence-electron chi connectivity index (χ3n) is 2.77. The first-order chi connectivity index (χ1) is 9.38. The number of aromatic nitrogens is 2. The second kappa shape index (κ2) is 5.85. The van der Waals surface area contributed by atoms with Crippen LogP contribution >= 0.6 is 27.5 Å². The number of nitrogens with zero attached hydrogens (tertiary/aromatic N) is 2. The van der Waals surface area contributed by atoms with Crippen molar-refractivity contribution in [2.24, 2.45) is 7.05 Å². The number of halogens is 2. The first-order valence-electron chi connectivity index (χ1n) is 5.79. The number of aryl methyl sites for hydroxylation is 2. The highest BCUT2D eigenvalue weighted by Gasteiger charge is 2.15. The Bertz CT molecular complexity index is 650. The van der Waals surface area contributed by atoms with Crippen LogP contribution in [0.15, 0.2) is 22.7 Å². The maximum Gasteiger partial charge on any atom is 0.338 e. The second-order valence-electron chi connectivity index (χ2n) is 4.33. The lowest BCUT2D eigenvalue weighted by Gasteiger charge is -2.06. The van der Waals surface area contributed by atoms with E-state index in [4.69, 9.17) is 22.1 Å². The average molecular weight is 359 g/mol. The summed E-state index contributed by atoms with van der Waals surface area (Å²) in [6.07, 6.45) is 0. The van der Waals surface area contributed by atoms with Gasteiger partial charge in [-0.1, -0.05) is 27.5 Å². The number of hydrogen-bond acceptors (Lipinski definition) is 4. The van der Waals surface area contributed by atoms with Crippen molar-refractivity contribution in [3.05, 3.63) is 44.6 Å². The van der Waals surface area contributed by atoms with Crippen LogP contribution in [0.1, 0.15) is 21.6 Å². The van der Waals surface area contributed by atoms with Crippen molar-refractivity contribution in [2.45, 2.75) is 13.5 Å². The van der Waals surface area contributed by atoms with Gasteiger partial charge in [0.05, 0.1) is 11.3 Å². The number of nitrogen functional groups attached to an aromatic ring is 1. The molecule has 1 aromatic heterocycles. The molecule has 20 heavy (non-hydrogen) atoms. The van der Waals surface area contributed by atoms with Gasteiger partial charge in [0.15, 0.2) is 0 Å². The van der Waals surface area contributed by atoms with Gasteiger partial charge in [-0.3, -0.25) is 4.68 Å². The van der Waals surface area contributed by atoms with Crippen molar-refractivity contribution in [1.82, 2.24) is 9.78 Å². The van der Waals surface area contributed by atoms with E-state index < -0.39 is 5.97 Å². The summed E-state index contributed by atoms with van der Waals surface area (Å²) in [6, 6.07) is 4.92. The van der Waals surface area contributed by atoms with E-state index in [-0.39, 0.29) is 6.61 Å². The monoisotopic (exact) mass is 357 g/mol. The Morgan fingerprint density at radius 2 is 2.20 bits per heavy atom. The average Bonchev–Trinajstić information content (AvgIpc) is 2.60. The molecule has 2 N–H and O–H groups in total. The van der Waals surface area contributed by atoms with Gasteiger partial charge in [-0.05, 0) is 25.1 Å². The van der Waals surface area contributed by atoms with Gasteiger partial charge in [0, 0.05) is 22.8 Å². The minimum Gasteiger partial charge on any atom is -0.457 e. The fraction of sp³-hybridized carbons (Fsp3) is 0.231. The van der Waals surface area contributed by atoms with Crippen molar-refractivity contribution in [3.8, 4) is 0 Å². The lowest BCUT2D eigenvalue weighted by Crippen LogP contribution is -2.06. The molecule has 0 saturated heterocycles. The molecule has 0 spiro atoms.